The Kier molecular flexibility index (Phi) is 7.41. The summed E-state index contributed by atoms with van der Waals surface area (Å²) in [5, 5.41) is 8.52. The number of anilines is 2. The van der Waals surface area contributed by atoms with Gasteiger partial charge in [-0.1, -0.05) is 42.8 Å². The van der Waals surface area contributed by atoms with E-state index in [4.69, 9.17) is 28.6 Å². The maximum absolute atomic E-state index is 13.0. The molecular formula is C25H25BrClN3O2S. The van der Waals surface area contributed by atoms with Crippen molar-refractivity contribution >= 4 is 72.9 Å². The fourth-order valence-corrected chi connectivity index (χ4v) is 5.32. The summed E-state index contributed by atoms with van der Waals surface area (Å²) in [7, 11) is 1.54. The van der Waals surface area contributed by atoms with Gasteiger partial charge in [-0.05, 0) is 81.9 Å². The van der Waals surface area contributed by atoms with Crippen LogP contribution in [-0.4, -0.2) is 31.2 Å². The lowest BCUT2D eigenvalue weighted by Crippen LogP contribution is -2.34. The van der Waals surface area contributed by atoms with Gasteiger partial charge in [-0.25, -0.2) is 0 Å². The van der Waals surface area contributed by atoms with Crippen molar-refractivity contribution in [1.82, 2.24) is 5.32 Å². The molecule has 3 aromatic carbocycles. The number of carbonyl (C=O) groups excluding carboxylic acids is 1. The number of methoxy groups -OCH3 is 1. The van der Waals surface area contributed by atoms with Gasteiger partial charge in [0.1, 0.15) is 5.75 Å². The first-order valence-corrected chi connectivity index (χ1v) is 12.4. The quantitative estimate of drug-likeness (QED) is 0.360. The van der Waals surface area contributed by atoms with Crippen molar-refractivity contribution in [3.05, 3.63) is 63.6 Å². The highest BCUT2D eigenvalue weighted by molar-refractivity contribution is 9.10. The normalized spacial score (nSPS) is 14.2. The molecule has 0 atom stereocenters. The number of ether oxygens (including phenoxy) is 1. The van der Waals surface area contributed by atoms with E-state index in [2.05, 4.69) is 38.4 Å². The number of nitrogens with one attached hydrogen (secondary N) is 2. The van der Waals surface area contributed by atoms with Crippen LogP contribution in [0.3, 0.4) is 0 Å². The van der Waals surface area contributed by atoms with Gasteiger partial charge in [-0.2, -0.15) is 0 Å². The molecule has 0 unspecified atom stereocenters. The number of halogens is 2. The monoisotopic (exact) mass is 545 g/mol. The molecule has 1 heterocycles. The molecule has 172 valence electrons. The van der Waals surface area contributed by atoms with Crippen molar-refractivity contribution in [3.8, 4) is 5.75 Å². The number of piperidine rings is 1. The number of thiocarbonyl (C=S) groups is 1. The molecule has 3 aromatic rings. The van der Waals surface area contributed by atoms with Crippen LogP contribution in [0.4, 0.5) is 11.4 Å². The Morgan fingerprint density at radius 1 is 1.18 bits per heavy atom. The minimum atomic E-state index is -0.360. The van der Waals surface area contributed by atoms with Gasteiger partial charge in [0.2, 0.25) is 0 Å². The van der Waals surface area contributed by atoms with Gasteiger partial charge in [-0.15, -0.1) is 0 Å². The number of hydrogen-bond donors (Lipinski definition) is 2. The van der Waals surface area contributed by atoms with Gasteiger partial charge in [0.25, 0.3) is 5.91 Å². The average Bonchev–Trinajstić information content (AvgIpc) is 2.80. The molecule has 1 aliphatic heterocycles. The summed E-state index contributed by atoms with van der Waals surface area (Å²) in [5.74, 6) is 0.849. The van der Waals surface area contributed by atoms with Crippen molar-refractivity contribution < 1.29 is 9.53 Å². The second-order valence-corrected chi connectivity index (χ2v) is 9.84. The van der Waals surface area contributed by atoms with Crippen LogP contribution in [0, 0.1) is 5.92 Å². The maximum atomic E-state index is 13.0. The Morgan fingerprint density at radius 2 is 1.91 bits per heavy atom. The molecule has 0 bridgehead atoms. The molecule has 0 saturated carbocycles. The Morgan fingerprint density at radius 3 is 2.61 bits per heavy atom. The van der Waals surface area contributed by atoms with Crippen LogP contribution in [0.25, 0.3) is 10.8 Å². The van der Waals surface area contributed by atoms with E-state index in [1.165, 1.54) is 20.0 Å². The first-order valence-electron chi connectivity index (χ1n) is 10.8. The second kappa shape index (κ2) is 10.3. The lowest BCUT2D eigenvalue weighted by atomic mass is 9.99. The second-order valence-electron chi connectivity index (χ2n) is 8.24. The number of nitrogens with zero attached hydrogens (tertiary/aromatic N) is 1. The third-order valence-corrected chi connectivity index (χ3v) is 7.24. The molecule has 5 nitrogen and oxygen atoms in total. The molecule has 33 heavy (non-hydrogen) atoms. The van der Waals surface area contributed by atoms with Crippen LogP contribution in [0.2, 0.25) is 5.02 Å². The van der Waals surface area contributed by atoms with Gasteiger partial charge in [0.05, 0.1) is 27.9 Å². The van der Waals surface area contributed by atoms with Gasteiger partial charge >= 0.3 is 0 Å². The summed E-state index contributed by atoms with van der Waals surface area (Å²) in [5.41, 5.74) is 2.13. The summed E-state index contributed by atoms with van der Waals surface area (Å²) < 4.78 is 6.23. The van der Waals surface area contributed by atoms with Crippen LogP contribution in [-0.2, 0) is 0 Å². The highest BCUT2D eigenvalue weighted by Crippen LogP contribution is 2.36. The number of fused-ring (bicyclic) bond motifs is 1. The molecule has 4 rings (SSSR count). The maximum Gasteiger partial charge on any atom is 0.261 e. The number of rotatable bonds is 4. The van der Waals surface area contributed by atoms with Crippen molar-refractivity contribution in [2.24, 2.45) is 5.92 Å². The van der Waals surface area contributed by atoms with Gasteiger partial charge in [0, 0.05) is 18.8 Å². The fraction of sp³-hybridized carbons (Fsp3) is 0.280. The molecule has 2 N–H and O–H groups in total. The lowest BCUT2D eigenvalue weighted by molar-refractivity contribution is 0.0975. The van der Waals surface area contributed by atoms with Crippen molar-refractivity contribution in [1.29, 1.82) is 0 Å². The molecule has 0 radical (unpaired) electrons. The SMILES string of the molecule is COc1c(C(=O)NC(=S)Nc2ccc(N3CCC(C)CC3)c(Cl)c2)cc2ccccc2c1Br. The van der Waals surface area contributed by atoms with Crippen LogP contribution in [0.5, 0.6) is 5.75 Å². The Hall–Kier alpha value is -2.35. The smallest absolute Gasteiger partial charge is 0.261 e. The molecule has 1 saturated heterocycles. The minimum Gasteiger partial charge on any atom is -0.495 e. The van der Waals surface area contributed by atoms with Crippen LogP contribution in [0.15, 0.2) is 53.0 Å². The highest BCUT2D eigenvalue weighted by Gasteiger charge is 2.20. The number of benzene rings is 3. The standard InChI is InChI=1S/C25H25BrClN3O2S/c1-15-9-11-30(12-10-15)21-8-7-17(14-20(21)27)28-25(33)29-24(31)19-13-16-5-3-4-6-18(16)22(26)23(19)32-2/h3-8,13-15H,9-12H2,1-2H3,(H2,28,29,31,33). The summed E-state index contributed by atoms with van der Waals surface area (Å²) >= 11 is 15.5. The van der Waals surface area contributed by atoms with Gasteiger partial charge in [-0.3, -0.25) is 10.1 Å². The van der Waals surface area contributed by atoms with Crippen molar-refractivity contribution in [3.63, 3.8) is 0 Å². The highest BCUT2D eigenvalue weighted by atomic mass is 79.9. The summed E-state index contributed by atoms with van der Waals surface area (Å²) in [6.45, 7) is 4.30. The van der Waals surface area contributed by atoms with Gasteiger partial charge < -0.3 is 15.0 Å². The Bertz CT molecular complexity index is 1210. The third kappa shape index (κ3) is 5.26. The molecule has 1 aliphatic rings. The molecule has 1 fully saturated rings. The van der Waals surface area contributed by atoms with Crippen molar-refractivity contribution in [2.45, 2.75) is 19.8 Å². The molecule has 0 spiro atoms. The van der Waals surface area contributed by atoms with Crippen LogP contribution >= 0.6 is 39.7 Å². The Labute approximate surface area is 212 Å². The van der Waals surface area contributed by atoms with E-state index in [0.29, 0.717) is 22.0 Å². The van der Waals surface area contributed by atoms with E-state index in [1.54, 1.807) is 6.07 Å². The summed E-state index contributed by atoms with van der Waals surface area (Å²) in [6, 6.07) is 15.3. The Balaban J connectivity index is 1.47. The largest absolute Gasteiger partial charge is 0.495 e. The van der Waals surface area contributed by atoms with E-state index in [-0.39, 0.29) is 11.0 Å². The molecule has 0 aliphatic carbocycles. The predicted molar refractivity (Wildman–Crippen MR) is 144 cm³/mol. The minimum absolute atomic E-state index is 0.182. The number of hydrogen-bond acceptors (Lipinski definition) is 4. The average molecular weight is 547 g/mol. The molecule has 1 amide bonds. The van der Waals surface area contributed by atoms with E-state index < -0.39 is 0 Å². The number of carbonyl (C=O) groups is 1. The summed E-state index contributed by atoms with van der Waals surface area (Å²) in [4.78, 5) is 15.3. The molecule has 0 aromatic heterocycles. The van der Waals surface area contributed by atoms with Crippen LogP contribution < -0.4 is 20.3 Å². The van der Waals surface area contributed by atoms with E-state index in [1.807, 2.05) is 42.5 Å². The summed E-state index contributed by atoms with van der Waals surface area (Å²) in [6.07, 6.45) is 2.33. The topological polar surface area (TPSA) is 53.6 Å². The zero-order valence-electron chi connectivity index (χ0n) is 18.5. The molecular weight excluding hydrogens is 522 g/mol. The predicted octanol–water partition coefficient (Wildman–Crippen LogP) is 6.63. The zero-order chi connectivity index (χ0) is 23.5. The first kappa shape index (κ1) is 23.8. The first-order chi connectivity index (χ1) is 15.9. The van der Waals surface area contributed by atoms with Crippen molar-refractivity contribution in [2.75, 3.05) is 30.4 Å². The fourth-order valence-electron chi connectivity index (χ4n) is 4.08. The number of amides is 1. The zero-order valence-corrected chi connectivity index (χ0v) is 21.6. The molecule has 8 heteroatoms. The van der Waals surface area contributed by atoms with Gasteiger partial charge in [0.15, 0.2) is 5.11 Å². The lowest BCUT2D eigenvalue weighted by Gasteiger charge is -2.32. The van der Waals surface area contributed by atoms with Crippen LogP contribution in [0.1, 0.15) is 30.1 Å². The van der Waals surface area contributed by atoms with E-state index >= 15 is 0 Å². The third-order valence-electron chi connectivity index (χ3n) is 5.95. The van der Waals surface area contributed by atoms with E-state index in [0.717, 1.165) is 39.9 Å². The van der Waals surface area contributed by atoms with E-state index in [9.17, 15) is 4.79 Å².